The van der Waals surface area contributed by atoms with Crippen molar-refractivity contribution in [1.29, 1.82) is 0 Å². The van der Waals surface area contributed by atoms with Gasteiger partial charge in [-0.2, -0.15) is 0 Å². The molecule has 7 heteroatoms. The van der Waals surface area contributed by atoms with Crippen molar-refractivity contribution in [2.45, 2.75) is 63.0 Å². The largest absolute Gasteiger partial charge is 0.360 e. The minimum Gasteiger partial charge on any atom is -0.360 e. The van der Waals surface area contributed by atoms with Crippen LogP contribution in [0.25, 0.3) is 0 Å². The lowest BCUT2D eigenvalue weighted by atomic mass is 9.95. The van der Waals surface area contributed by atoms with Crippen LogP contribution in [0.4, 0.5) is 0 Å². The van der Waals surface area contributed by atoms with E-state index in [-0.39, 0.29) is 17.6 Å². The fourth-order valence-electron chi connectivity index (χ4n) is 2.54. The zero-order valence-corrected chi connectivity index (χ0v) is 13.3. The molecule has 1 amide bonds. The molecule has 0 radical (unpaired) electrons. The van der Waals surface area contributed by atoms with Crippen molar-refractivity contribution >= 4 is 15.7 Å². The number of aryl methyl sites for hydroxylation is 1. The number of carbonyl (C=O) groups is 1. The van der Waals surface area contributed by atoms with Gasteiger partial charge in [0.15, 0.2) is 15.6 Å². The van der Waals surface area contributed by atoms with Gasteiger partial charge in [-0.25, -0.2) is 8.42 Å². The summed E-state index contributed by atoms with van der Waals surface area (Å²) in [6.07, 6.45) is 5.22. The first-order chi connectivity index (χ1) is 9.88. The number of hydrogen-bond acceptors (Lipinski definition) is 5. The number of nitrogens with zero attached hydrogens (tertiary/aromatic N) is 1. The van der Waals surface area contributed by atoms with Crippen LogP contribution in [-0.4, -0.2) is 30.8 Å². The molecule has 0 aliphatic heterocycles. The van der Waals surface area contributed by atoms with E-state index in [9.17, 15) is 13.2 Å². The highest BCUT2D eigenvalue weighted by Crippen LogP contribution is 2.18. The minimum atomic E-state index is -3.60. The molecule has 0 unspecified atom stereocenters. The van der Waals surface area contributed by atoms with Gasteiger partial charge < -0.3 is 9.84 Å². The van der Waals surface area contributed by atoms with Gasteiger partial charge in [-0.15, -0.1) is 0 Å². The van der Waals surface area contributed by atoms with Crippen molar-refractivity contribution in [3.63, 3.8) is 0 Å². The highest BCUT2D eigenvalue weighted by atomic mass is 32.2. The van der Waals surface area contributed by atoms with E-state index in [2.05, 4.69) is 10.5 Å². The highest BCUT2D eigenvalue weighted by molar-refractivity contribution is 7.92. The fourth-order valence-corrected chi connectivity index (χ4v) is 3.71. The molecule has 1 saturated carbocycles. The van der Waals surface area contributed by atoms with Gasteiger partial charge in [0.1, 0.15) is 11.0 Å². The van der Waals surface area contributed by atoms with Gasteiger partial charge in [0.05, 0.1) is 5.69 Å². The molecule has 0 aromatic carbocycles. The Morgan fingerprint density at radius 3 is 2.67 bits per heavy atom. The summed E-state index contributed by atoms with van der Waals surface area (Å²) in [6.45, 7) is 3.15. The summed E-state index contributed by atoms with van der Waals surface area (Å²) in [6, 6.07) is 1.68. The molecule has 0 spiro atoms. The fraction of sp³-hybridized carbons (Fsp3) is 0.714. The lowest BCUT2D eigenvalue weighted by Gasteiger charge is -2.24. The number of rotatable bonds is 5. The normalized spacial score (nSPS) is 18.4. The lowest BCUT2D eigenvalue weighted by molar-refractivity contribution is -0.121. The third-order valence-corrected chi connectivity index (χ3v) is 5.86. The van der Waals surface area contributed by atoms with Gasteiger partial charge in [0, 0.05) is 12.1 Å². The first kappa shape index (κ1) is 16.0. The van der Waals surface area contributed by atoms with Crippen molar-refractivity contribution in [2.75, 3.05) is 0 Å². The van der Waals surface area contributed by atoms with Crippen LogP contribution >= 0.6 is 0 Å². The number of sulfone groups is 1. The summed E-state index contributed by atoms with van der Waals surface area (Å²) < 4.78 is 29.4. The maximum absolute atomic E-state index is 12.2. The summed E-state index contributed by atoms with van der Waals surface area (Å²) in [4.78, 5) is 12.1. The van der Waals surface area contributed by atoms with Crippen LogP contribution in [-0.2, 0) is 20.4 Å². The second-order valence-electron chi connectivity index (χ2n) is 5.73. The van der Waals surface area contributed by atoms with Gasteiger partial charge in [0.25, 0.3) is 0 Å². The summed E-state index contributed by atoms with van der Waals surface area (Å²) in [5.41, 5.74) is 0.625. The molecule has 1 aliphatic rings. The molecule has 1 N–H and O–H groups in total. The quantitative estimate of drug-likeness (QED) is 0.894. The molecular formula is C14H22N2O4S. The summed E-state index contributed by atoms with van der Waals surface area (Å²) in [5.74, 6) is -0.449. The van der Waals surface area contributed by atoms with E-state index in [1.54, 1.807) is 13.0 Å². The zero-order valence-electron chi connectivity index (χ0n) is 12.5. The molecule has 2 rings (SSSR count). The van der Waals surface area contributed by atoms with Gasteiger partial charge >= 0.3 is 0 Å². The van der Waals surface area contributed by atoms with Gasteiger partial charge in [0.2, 0.25) is 5.91 Å². The number of hydrogen-bond donors (Lipinski definition) is 1. The van der Waals surface area contributed by atoms with E-state index in [0.717, 1.165) is 25.7 Å². The first-order valence-electron chi connectivity index (χ1n) is 7.32. The smallest absolute Gasteiger partial charge is 0.238 e. The Bertz CT molecular complexity index is 588. The maximum Gasteiger partial charge on any atom is 0.238 e. The average Bonchev–Trinajstić information content (AvgIpc) is 2.83. The molecule has 1 aromatic rings. The second-order valence-corrected chi connectivity index (χ2v) is 8.05. The Morgan fingerprint density at radius 1 is 1.43 bits per heavy atom. The predicted molar refractivity (Wildman–Crippen MR) is 78.3 cm³/mol. The summed E-state index contributed by atoms with van der Waals surface area (Å²) in [5, 5.41) is 5.43. The van der Waals surface area contributed by atoms with Crippen LogP contribution in [0.2, 0.25) is 0 Å². The topological polar surface area (TPSA) is 89.3 Å². The van der Waals surface area contributed by atoms with Crippen LogP contribution in [0.1, 0.15) is 50.5 Å². The third-order valence-electron chi connectivity index (χ3n) is 3.88. The highest BCUT2D eigenvalue weighted by Gasteiger charge is 2.31. The Balaban J connectivity index is 1.96. The Hall–Kier alpha value is -1.37. The van der Waals surface area contributed by atoms with Crippen molar-refractivity contribution in [3.05, 3.63) is 17.5 Å². The molecular weight excluding hydrogens is 292 g/mol. The van der Waals surface area contributed by atoms with Crippen molar-refractivity contribution in [3.8, 4) is 0 Å². The molecule has 1 fully saturated rings. The second kappa shape index (κ2) is 6.60. The van der Waals surface area contributed by atoms with E-state index in [1.807, 2.05) is 0 Å². The third kappa shape index (κ3) is 4.30. The predicted octanol–water partition coefficient (Wildman–Crippen LogP) is 1.74. The molecule has 1 heterocycles. The molecule has 1 aromatic heterocycles. The summed E-state index contributed by atoms with van der Waals surface area (Å²) >= 11 is 0. The van der Waals surface area contributed by atoms with E-state index in [0.29, 0.717) is 5.69 Å². The van der Waals surface area contributed by atoms with Crippen molar-refractivity contribution < 1.29 is 17.7 Å². The van der Waals surface area contributed by atoms with Crippen molar-refractivity contribution in [1.82, 2.24) is 10.5 Å². The lowest BCUT2D eigenvalue weighted by Crippen LogP contribution is -2.44. The molecule has 0 saturated heterocycles. The summed E-state index contributed by atoms with van der Waals surface area (Å²) in [7, 11) is -3.60. The average molecular weight is 314 g/mol. The van der Waals surface area contributed by atoms with Crippen LogP contribution < -0.4 is 5.32 Å². The van der Waals surface area contributed by atoms with E-state index in [1.165, 1.54) is 13.3 Å². The number of aromatic nitrogens is 1. The van der Waals surface area contributed by atoms with Crippen LogP contribution in [0.5, 0.6) is 0 Å². The number of carbonyl (C=O) groups excluding carboxylic acids is 1. The Kier molecular flexibility index (Phi) is 5.03. The standard InChI is InChI=1S/C14H22N2O4S/c1-10-8-13(20-16-10)9-21(18,19)11(2)14(17)15-12-6-4-3-5-7-12/h8,11-12H,3-7,9H2,1-2H3,(H,15,17)/t11-/m1/s1. The van der Waals surface area contributed by atoms with Crippen LogP contribution in [0, 0.1) is 6.92 Å². The molecule has 6 nitrogen and oxygen atoms in total. The minimum absolute atomic E-state index is 0.108. The number of nitrogens with one attached hydrogen (secondary N) is 1. The van der Waals surface area contributed by atoms with E-state index in [4.69, 9.17) is 4.52 Å². The molecule has 21 heavy (non-hydrogen) atoms. The molecule has 118 valence electrons. The Labute approximate surface area is 125 Å². The molecule has 1 aliphatic carbocycles. The van der Waals surface area contributed by atoms with Crippen molar-refractivity contribution in [2.24, 2.45) is 0 Å². The molecule has 0 bridgehead atoms. The van der Waals surface area contributed by atoms with Crippen LogP contribution in [0.15, 0.2) is 10.6 Å². The van der Waals surface area contributed by atoms with E-state index < -0.39 is 21.0 Å². The first-order valence-corrected chi connectivity index (χ1v) is 9.04. The van der Waals surface area contributed by atoms with E-state index >= 15 is 0 Å². The maximum atomic E-state index is 12.2. The monoisotopic (exact) mass is 314 g/mol. The van der Waals surface area contributed by atoms with Crippen LogP contribution in [0.3, 0.4) is 0 Å². The number of amides is 1. The van der Waals surface area contributed by atoms with Gasteiger partial charge in [-0.1, -0.05) is 24.4 Å². The van der Waals surface area contributed by atoms with Gasteiger partial charge in [-0.05, 0) is 26.7 Å². The SMILES string of the molecule is Cc1cc(CS(=O)(=O)[C@H](C)C(=O)NC2CCCCC2)on1. The molecule has 1 atom stereocenters. The Morgan fingerprint density at radius 2 is 2.10 bits per heavy atom. The zero-order chi connectivity index (χ0) is 15.5. The van der Waals surface area contributed by atoms with Gasteiger partial charge in [-0.3, -0.25) is 4.79 Å².